The van der Waals surface area contributed by atoms with Gasteiger partial charge in [-0.25, -0.2) is 8.42 Å². The molecule has 25 heavy (non-hydrogen) atoms. The van der Waals surface area contributed by atoms with Crippen LogP contribution in [-0.2, 0) is 19.5 Å². The summed E-state index contributed by atoms with van der Waals surface area (Å²) in [6.07, 6.45) is 4.06. The van der Waals surface area contributed by atoms with E-state index in [1.165, 1.54) is 10.6 Å². The van der Waals surface area contributed by atoms with E-state index in [1.54, 1.807) is 0 Å². The van der Waals surface area contributed by atoms with Crippen molar-refractivity contribution in [2.75, 3.05) is 19.4 Å². The lowest BCUT2D eigenvalue weighted by atomic mass is 9.84. The molecule has 0 aliphatic rings. The van der Waals surface area contributed by atoms with Crippen LogP contribution in [0.3, 0.4) is 0 Å². The standard InChI is InChI=1S/C19H41NO4S/c1-10-17(11-2)23-14-18(24-16(6)19(7,8)12-3)13-20(15(4)5)25(9,21)22/h15-18H,10-14H2,1-9H3. The van der Waals surface area contributed by atoms with Gasteiger partial charge in [-0.05, 0) is 45.4 Å². The second-order valence-corrected chi connectivity index (χ2v) is 9.88. The zero-order valence-corrected chi connectivity index (χ0v) is 18.6. The number of hydrogen-bond acceptors (Lipinski definition) is 4. The van der Waals surface area contributed by atoms with E-state index in [1.807, 2.05) is 13.8 Å². The molecule has 2 atom stereocenters. The monoisotopic (exact) mass is 379 g/mol. The molecule has 0 amide bonds. The minimum absolute atomic E-state index is 0.0152. The molecule has 2 unspecified atom stereocenters. The summed E-state index contributed by atoms with van der Waals surface area (Å²) in [5.74, 6) is 0. The van der Waals surface area contributed by atoms with Crippen molar-refractivity contribution in [2.45, 2.75) is 99.0 Å². The largest absolute Gasteiger partial charge is 0.375 e. The normalized spacial score (nSPS) is 16.0. The van der Waals surface area contributed by atoms with Crippen molar-refractivity contribution in [1.29, 1.82) is 0 Å². The molecule has 6 heteroatoms. The van der Waals surface area contributed by atoms with Gasteiger partial charge >= 0.3 is 0 Å². The van der Waals surface area contributed by atoms with Crippen molar-refractivity contribution in [3.63, 3.8) is 0 Å². The van der Waals surface area contributed by atoms with Crippen molar-refractivity contribution in [3.8, 4) is 0 Å². The van der Waals surface area contributed by atoms with Crippen molar-refractivity contribution in [3.05, 3.63) is 0 Å². The van der Waals surface area contributed by atoms with Crippen LogP contribution in [0.15, 0.2) is 0 Å². The lowest BCUT2D eigenvalue weighted by molar-refractivity contribution is -0.109. The summed E-state index contributed by atoms with van der Waals surface area (Å²) in [4.78, 5) is 0. The van der Waals surface area contributed by atoms with Crippen molar-refractivity contribution in [2.24, 2.45) is 5.41 Å². The van der Waals surface area contributed by atoms with E-state index in [0.29, 0.717) is 13.2 Å². The Bertz CT molecular complexity index is 458. The van der Waals surface area contributed by atoms with Crippen LogP contribution in [0.5, 0.6) is 0 Å². The fourth-order valence-electron chi connectivity index (χ4n) is 2.59. The molecule has 0 spiro atoms. The van der Waals surface area contributed by atoms with Crippen molar-refractivity contribution < 1.29 is 17.9 Å². The Hall–Kier alpha value is -0.170. The first-order valence-corrected chi connectivity index (χ1v) is 11.5. The maximum atomic E-state index is 12.1. The SMILES string of the molecule is CCC(CC)OCC(CN(C(C)C)S(C)(=O)=O)OC(C)C(C)(C)CC. The van der Waals surface area contributed by atoms with E-state index >= 15 is 0 Å². The maximum absolute atomic E-state index is 12.1. The summed E-state index contributed by atoms with van der Waals surface area (Å²) in [5, 5.41) is 0. The Morgan fingerprint density at radius 3 is 1.88 bits per heavy atom. The summed E-state index contributed by atoms with van der Waals surface area (Å²) in [6, 6.07) is -0.108. The van der Waals surface area contributed by atoms with Gasteiger partial charge in [-0.3, -0.25) is 0 Å². The van der Waals surface area contributed by atoms with Crippen LogP contribution >= 0.6 is 0 Å². The van der Waals surface area contributed by atoms with Crippen LogP contribution in [0.4, 0.5) is 0 Å². The molecule has 0 aliphatic heterocycles. The molecule has 0 radical (unpaired) electrons. The third kappa shape index (κ3) is 8.85. The van der Waals surface area contributed by atoms with Gasteiger partial charge in [0.1, 0.15) is 0 Å². The molecule has 0 bridgehead atoms. The fourth-order valence-corrected chi connectivity index (χ4v) is 3.80. The number of sulfonamides is 1. The molecule has 0 aromatic heterocycles. The molecule has 5 nitrogen and oxygen atoms in total. The first-order chi connectivity index (χ1) is 11.4. The molecular weight excluding hydrogens is 338 g/mol. The molecule has 0 rings (SSSR count). The third-order valence-electron chi connectivity index (χ3n) is 5.22. The smallest absolute Gasteiger partial charge is 0.211 e. The summed E-state index contributed by atoms with van der Waals surface area (Å²) in [5.41, 5.74) is 0.0287. The zero-order valence-electron chi connectivity index (χ0n) is 17.8. The third-order valence-corrected chi connectivity index (χ3v) is 6.65. The van der Waals surface area contributed by atoms with Crippen molar-refractivity contribution in [1.82, 2.24) is 4.31 Å². The van der Waals surface area contributed by atoms with E-state index in [-0.39, 0.29) is 29.8 Å². The highest BCUT2D eigenvalue weighted by Gasteiger charge is 2.31. The summed E-state index contributed by atoms with van der Waals surface area (Å²) >= 11 is 0. The van der Waals surface area contributed by atoms with Gasteiger partial charge in [0.05, 0.1) is 31.2 Å². The molecule has 152 valence electrons. The molecule has 0 saturated heterocycles. The predicted molar refractivity (Wildman–Crippen MR) is 105 cm³/mol. The van der Waals surface area contributed by atoms with Crippen LogP contribution in [-0.4, -0.2) is 56.5 Å². The lowest BCUT2D eigenvalue weighted by Gasteiger charge is -2.36. The molecule has 0 fully saturated rings. The van der Waals surface area contributed by atoms with Gasteiger partial charge in [0.25, 0.3) is 0 Å². The Kier molecular flexibility index (Phi) is 10.8. The first-order valence-electron chi connectivity index (χ1n) is 9.62. The first kappa shape index (κ1) is 24.8. The van der Waals surface area contributed by atoms with Gasteiger partial charge < -0.3 is 9.47 Å². The van der Waals surface area contributed by atoms with Gasteiger partial charge in [-0.15, -0.1) is 0 Å². The van der Waals surface area contributed by atoms with Gasteiger partial charge in [0, 0.05) is 12.6 Å². The van der Waals surface area contributed by atoms with Crippen LogP contribution < -0.4 is 0 Å². The van der Waals surface area contributed by atoms with Crippen LogP contribution in [0, 0.1) is 5.41 Å². The van der Waals surface area contributed by atoms with E-state index in [0.717, 1.165) is 19.3 Å². The van der Waals surface area contributed by atoms with E-state index in [4.69, 9.17) is 9.47 Å². The summed E-state index contributed by atoms with van der Waals surface area (Å²) in [7, 11) is -3.29. The average molecular weight is 380 g/mol. The Morgan fingerprint density at radius 1 is 1.00 bits per heavy atom. The highest BCUT2D eigenvalue weighted by molar-refractivity contribution is 7.88. The maximum Gasteiger partial charge on any atom is 0.211 e. The van der Waals surface area contributed by atoms with Crippen molar-refractivity contribution >= 4 is 10.0 Å². The molecule has 0 aromatic rings. The molecular formula is C19H41NO4S. The predicted octanol–water partition coefficient (Wildman–Crippen LogP) is 4.07. The molecule has 0 heterocycles. The van der Waals surface area contributed by atoms with Crippen LogP contribution in [0.25, 0.3) is 0 Å². The van der Waals surface area contributed by atoms with Crippen LogP contribution in [0.2, 0.25) is 0 Å². The average Bonchev–Trinajstić information content (AvgIpc) is 2.51. The number of nitrogens with zero attached hydrogens (tertiary/aromatic N) is 1. The van der Waals surface area contributed by atoms with Crippen LogP contribution in [0.1, 0.15) is 74.7 Å². The Labute approximate surface area is 156 Å². The Balaban J connectivity index is 5.23. The zero-order chi connectivity index (χ0) is 19.8. The minimum Gasteiger partial charge on any atom is -0.375 e. The second kappa shape index (κ2) is 10.9. The second-order valence-electron chi connectivity index (χ2n) is 7.94. The van der Waals surface area contributed by atoms with Gasteiger partial charge in [0.2, 0.25) is 10.0 Å². The summed E-state index contributed by atoms with van der Waals surface area (Å²) < 4.78 is 38.0. The number of hydrogen-bond donors (Lipinski definition) is 0. The minimum atomic E-state index is -3.29. The topological polar surface area (TPSA) is 55.8 Å². The quantitative estimate of drug-likeness (QED) is 0.484. The highest BCUT2D eigenvalue weighted by Crippen LogP contribution is 2.28. The van der Waals surface area contributed by atoms with Gasteiger partial charge in [0.15, 0.2) is 0 Å². The van der Waals surface area contributed by atoms with E-state index < -0.39 is 10.0 Å². The van der Waals surface area contributed by atoms with Gasteiger partial charge in [-0.1, -0.05) is 34.6 Å². The lowest BCUT2D eigenvalue weighted by Crippen LogP contribution is -2.46. The molecule has 0 aromatic carbocycles. The number of rotatable bonds is 13. The molecule has 0 aliphatic carbocycles. The Morgan fingerprint density at radius 2 is 1.52 bits per heavy atom. The van der Waals surface area contributed by atoms with E-state index in [9.17, 15) is 8.42 Å². The number of ether oxygens (including phenoxy) is 2. The van der Waals surface area contributed by atoms with E-state index in [2.05, 4.69) is 41.5 Å². The fraction of sp³-hybridized carbons (Fsp3) is 1.00. The van der Waals surface area contributed by atoms with Gasteiger partial charge in [-0.2, -0.15) is 4.31 Å². The molecule has 0 N–H and O–H groups in total. The highest BCUT2D eigenvalue weighted by atomic mass is 32.2. The summed E-state index contributed by atoms with van der Waals surface area (Å²) in [6.45, 7) is 17.3. The molecule has 0 saturated carbocycles.